The van der Waals surface area contributed by atoms with Crippen LogP contribution in [0.15, 0.2) is 29.2 Å². The number of amides is 1. The summed E-state index contributed by atoms with van der Waals surface area (Å²) in [5.41, 5.74) is 0. The van der Waals surface area contributed by atoms with Crippen LogP contribution in [0.1, 0.15) is 20.3 Å². The molecule has 0 heterocycles. The van der Waals surface area contributed by atoms with Crippen molar-refractivity contribution in [2.45, 2.75) is 31.2 Å². The maximum absolute atomic E-state index is 11.5. The fourth-order valence-electron chi connectivity index (χ4n) is 1.35. The van der Waals surface area contributed by atoms with E-state index in [1.165, 1.54) is 24.3 Å². The molecule has 1 aromatic rings. The van der Waals surface area contributed by atoms with E-state index in [9.17, 15) is 13.2 Å². The lowest BCUT2D eigenvalue weighted by molar-refractivity contribution is -0.123. The minimum atomic E-state index is -3.20. The first-order valence-electron chi connectivity index (χ1n) is 6.05. The summed E-state index contributed by atoms with van der Waals surface area (Å²) >= 11 is 0. The largest absolute Gasteiger partial charge is 0.484 e. The topological polar surface area (TPSA) is 72.5 Å². The Kier molecular flexibility index (Phi) is 5.35. The molecule has 1 atom stereocenters. The van der Waals surface area contributed by atoms with Crippen LogP contribution in [0.4, 0.5) is 0 Å². The Morgan fingerprint density at radius 1 is 1.32 bits per heavy atom. The molecule has 106 valence electrons. The monoisotopic (exact) mass is 285 g/mol. The molecule has 5 nitrogen and oxygen atoms in total. The summed E-state index contributed by atoms with van der Waals surface area (Å²) in [6.07, 6.45) is 2.00. The van der Waals surface area contributed by atoms with Crippen molar-refractivity contribution < 1.29 is 17.9 Å². The van der Waals surface area contributed by atoms with Crippen LogP contribution in [0.5, 0.6) is 5.75 Å². The number of carbonyl (C=O) groups excluding carboxylic acids is 1. The zero-order valence-corrected chi connectivity index (χ0v) is 12.2. The molecule has 1 amide bonds. The Hall–Kier alpha value is -1.56. The van der Waals surface area contributed by atoms with Gasteiger partial charge in [-0.25, -0.2) is 8.42 Å². The van der Waals surface area contributed by atoms with E-state index in [-0.39, 0.29) is 23.5 Å². The number of sulfone groups is 1. The minimum Gasteiger partial charge on any atom is -0.484 e. The molecule has 0 bridgehead atoms. The van der Waals surface area contributed by atoms with Gasteiger partial charge in [0, 0.05) is 12.3 Å². The standard InChI is InChI=1S/C13H19NO4S/c1-4-10(2)14-13(15)9-18-11-5-7-12(8-6-11)19(3,16)17/h5-8,10H,4,9H2,1-3H3,(H,14,15). The van der Waals surface area contributed by atoms with Gasteiger partial charge in [-0.05, 0) is 37.6 Å². The number of nitrogens with one attached hydrogen (secondary N) is 1. The molecule has 0 saturated heterocycles. The van der Waals surface area contributed by atoms with E-state index in [1.807, 2.05) is 13.8 Å². The molecule has 0 saturated carbocycles. The number of rotatable bonds is 6. The first kappa shape index (κ1) is 15.5. The van der Waals surface area contributed by atoms with Gasteiger partial charge in [0.25, 0.3) is 5.91 Å². The molecule has 6 heteroatoms. The molecule has 0 spiro atoms. The number of ether oxygens (including phenoxy) is 1. The summed E-state index contributed by atoms with van der Waals surface area (Å²) < 4.78 is 27.8. The van der Waals surface area contributed by atoms with Gasteiger partial charge >= 0.3 is 0 Å². The van der Waals surface area contributed by atoms with E-state index < -0.39 is 9.84 Å². The summed E-state index contributed by atoms with van der Waals surface area (Å²) in [4.78, 5) is 11.7. The van der Waals surface area contributed by atoms with Gasteiger partial charge in [-0.3, -0.25) is 4.79 Å². The Bertz CT molecular complexity index is 522. The average Bonchev–Trinajstić information content (AvgIpc) is 2.35. The summed E-state index contributed by atoms with van der Waals surface area (Å²) in [6, 6.07) is 6.10. The highest BCUT2D eigenvalue weighted by Gasteiger charge is 2.08. The first-order chi connectivity index (χ1) is 8.82. The molecule has 1 unspecified atom stereocenters. The van der Waals surface area contributed by atoms with Crippen LogP contribution in [0.25, 0.3) is 0 Å². The second kappa shape index (κ2) is 6.56. The first-order valence-corrected chi connectivity index (χ1v) is 7.94. The van der Waals surface area contributed by atoms with Crippen LogP contribution in [0.3, 0.4) is 0 Å². The van der Waals surface area contributed by atoms with Crippen molar-refractivity contribution in [3.8, 4) is 5.75 Å². The fourth-order valence-corrected chi connectivity index (χ4v) is 1.98. The smallest absolute Gasteiger partial charge is 0.258 e. The summed E-state index contributed by atoms with van der Waals surface area (Å²) in [6.45, 7) is 3.82. The van der Waals surface area contributed by atoms with Gasteiger partial charge in [0.15, 0.2) is 16.4 Å². The predicted molar refractivity (Wildman–Crippen MR) is 72.9 cm³/mol. The Morgan fingerprint density at radius 2 is 1.89 bits per heavy atom. The quantitative estimate of drug-likeness (QED) is 0.857. The average molecular weight is 285 g/mol. The van der Waals surface area contributed by atoms with Crippen molar-refractivity contribution in [1.29, 1.82) is 0 Å². The van der Waals surface area contributed by atoms with Gasteiger partial charge in [-0.2, -0.15) is 0 Å². The second-order valence-corrected chi connectivity index (χ2v) is 6.42. The van der Waals surface area contributed by atoms with Crippen LogP contribution >= 0.6 is 0 Å². The molecule has 1 rings (SSSR count). The molecule has 0 aliphatic carbocycles. The third-order valence-corrected chi connectivity index (χ3v) is 3.77. The van der Waals surface area contributed by atoms with Crippen molar-refractivity contribution in [3.05, 3.63) is 24.3 Å². The maximum Gasteiger partial charge on any atom is 0.258 e. The van der Waals surface area contributed by atoms with Crippen LogP contribution in [0.2, 0.25) is 0 Å². The van der Waals surface area contributed by atoms with Crippen molar-refractivity contribution in [2.75, 3.05) is 12.9 Å². The van der Waals surface area contributed by atoms with E-state index in [0.29, 0.717) is 5.75 Å². The van der Waals surface area contributed by atoms with Crippen LogP contribution < -0.4 is 10.1 Å². The Morgan fingerprint density at radius 3 is 2.37 bits per heavy atom. The van der Waals surface area contributed by atoms with Crippen LogP contribution in [-0.2, 0) is 14.6 Å². The van der Waals surface area contributed by atoms with Gasteiger partial charge in [0.2, 0.25) is 0 Å². The number of carbonyl (C=O) groups is 1. The molecule has 1 aromatic carbocycles. The van der Waals surface area contributed by atoms with Gasteiger partial charge in [-0.15, -0.1) is 0 Å². The second-order valence-electron chi connectivity index (χ2n) is 4.41. The maximum atomic E-state index is 11.5. The van der Waals surface area contributed by atoms with Crippen molar-refractivity contribution in [3.63, 3.8) is 0 Å². The van der Waals surface area contributed by atoms with E-state index in [4.69, 9.17) is 4.74 Å². The zero-order valence-electron chi connectivity index (χ0n) is 11.3. The highest BCUT2D eigenvalue weighted by atomic mass is 32.2. The van der Waals surface area contributed by atoms with Crippen molar-refractivity contribution in [2.24, 2.45) is 0 Å². The summed E-state index contributed by atoms with van der Waals surface area (Å²) in [7, 11) is -3.20. The van der Waals surface area contributed by atoms with E-state index >= 15 is 0 Å². The number of hydrogen-bond acceptors (Lipinski definition) is 4. The van der Waals surface area contributed by atoms with Crippen LogP contribution in [-0.4, -0.2) is 33.2 Å². The molecule has 1 N–H and O–H groups in total. The third kappa shape index (κ3) is 5.30. The fraction of sp³-hybridized carbons (Fsp3) is 0.462. The molecular formula is C13H19NO4S. The summed E-state index contributed by atoms with van der Waals surface area (Å²) in [5.74, 6) is 0.272. The third-order valence-electron chi connectivity index (χ3n) is 2.64. The lowest BCUT2D eigenvalue weighted by atomic mass is 10.2. The summed E-state index contributed by atoms with van der Waals surface area (Å²) in [5, 5.41) is 2.78. The molecule has 0 aliphatic rings. The van der Waals surface area contributed by atoms with Gasteiger partial charge in [0.1, 0.15) is 5.75 Å². The lowest BCUT2D eigenvalue weighted by Gasteiger charge is -2.12. The Labute approximate surface area is 113 Å². The number of benzene rings is 1. The van der Waals surface area contributed by atoms with Gasteiger partial charge in [0.05, 0.1) is 4.90 Å². The van der Waals surface area contributed by atoms with Crippen molar-refractivity contribution in [1.82, 2.24) is 5.32 Å². The number of hydrogen-bond donors (Lipinski definition) is 1. The van der Waals surface area contributed by atoms with E-state index in [2.05, 4.69) is 5.32 Å². The zero-order chi connectivity index (χ0) is 14.5. The van der Waals surface area contributed by atoms with Crippen molar-refractivity contribution >= 4 is 15.7 Å². The molecule has 0 aliphatic heterocycles. The molecule has 0 aromatic heterocycles. The predicted octanol–water partition coefficient (Wildman–Crippen LogP) is 1.38. The SMILES string of the molecule is CCC(C)NC(=O)COc1ccc(S(C)(=O)=O)cc1. The molecule has 0 fully saturated rings. The minimum absolute atomic E-state index is 0.0808. The molecular weight excluding hydrogens is 266 g/mol. The van der Waals surface area contributed by atoms with E-state index in [0.717, 1.165) is 12.7 Å². The lowest BCUT2D eigenvalue weighted by Crippen LogP contribution is -2.35. The normalized spacial score (nSPS) is 12.8. The highest BCUT2D eigenvalue weighted by molar-refractivity contribution is 7.90. The van der Waals surface area contributed by atoms with Gasteiger partial charge in [-0.1, -0.05) is 6.92 Å². The van der Waals surface area contributed by atoms with E-state index in [1.54, 1.807) is 0 Å². The van der Waals surface area contributed by atoms with Crippen LogP contribution in [0, 0.1) is 0 Å². The molecule has 19 heavy (non-hydrogen) atoms. The Balaban J connectivity index is 2.53. The molecule has 0 radical (unpaired) electrons. The highest BCUT2D eigenvalue weighted by Crippen LogP contribution is 2.15. The van der Waals surface area contributed by atoms with Gasteiger partial charge < -0.3 is 10.1 Å².